The third-order valence-corrected chi connectivity index (χ3v) is 4.29. The van der Waals surface area contributed by atoms with Crippen LogP contribution in [0.15, 0.2) is 53.5 Å². The third-order valence-electron chi connectivity index (χ3n) is 4.29. The molecule has 3 rings (SSSR count). The molecule has 0 aliphatic carbocycles. The molecule has 27 heavy (non-hydrogen) atoms. The second-order valence-electron chi connectivity index (χ2n) is 6.45. The van der Waals surface area contributed by atoms with Crippen molar-refractivity contribution >= 4 is 5.96 Å². The first kappa shape index (κ1) is 19.0. The van der Waals surface area contributed by atoms with Gasteiger partial charge in [0, 0.05) is 18.5 Å². The predicted octanol–water partition coefficient (Wildman–Crippen LogP) is 3.67. The molecule has 1 aliphatic rings. The topological polar surface area (TPSA) is 54.9 Å². The second kappa shape index (κ2) is 9.26. The third kappa shape index (κ3) is 5.12. The zero-order valence-corrected chi connectivity index (χ0v) is 15.7. The highest BCUT2D eigenvalue weighted by molar-refractivity contribution is 5.80. The van der Waals surface area contributed by atoms with Gasteiger partial charge in [-0.3, -0.25) is 0 Å². The molecule has 0 spiro atoms. The zero-order chi connectivity index (χ0) is 19.1. The van der Waals surface area contributed by atoms with E-state index in [1.807, 2.05) is 32.0 Å². The molecule has 2 aromatic carbocycles. The Morgan fingerprint density at radius 3 is 2.85 bits per heavy atom. The van der Waals surface area contributed by atoms with Crippen molar-refractivity contribution in [1.29, 1.82) is 0 Å². The van der Waals surface area contributed by atoms with Crippen molar-refractivity contribution in [2.75, 3.05) is 19.7 Å². The van der Waals surface area contributed by atoms with Crippen LogP contribution in [-0.4, -0.2) is 31.8 Å². The first-order valence-corrected chi connectivity index (χ1v) is 9.35. The molecule has 0 bridgehead atoms. The van der Waals surface area contributed by atoms with E-state index < -0.39 is 0 Å². The molecule has 2 aromatic rings. The van der Waals surface area contributed by atoms with E-state index in [1.54, 1.807) is 18.2 Å². The summed E-state index contributed by atoms with van der Waals surface area (Å²) in [5, 5.41) is 6.73. The van der Waals surface area contributed by atoms with E-state index in [0.29, 0.717) is 19.1 Å². The van der Waals surface area contributed by atoms with Crippen molar-refractivity contribution in [3.05, 3.63) is 59.9 Å². The number of hydrogen-bond acceptors (Lipinski definition) is 3. The van der Waals surface area contributed by atoms with Crippen molar-refractivity contribution in [3.63, 3.8) is 0 Å². The Morgan fingerprint density at radius 1 is 1.26 bits per heavy atom. The quantitative estimate of drug-likeness (QED) is 0.601. The molecule has 0 aromatic heterocycles. The Kier molecular flexibility index (Phi) is 6.52. The Balaban J connectivity index is 1.64. The molecule has 1 aliphatic heterocycles. The summed E-state index contributed by atoms with van der Waals surface area (Å²) in [6.45, 7) is 5.73. The largest absolute Gasteiger partial charge is 0.493 e. The maximum absolute atomic E-state index is 13.7. The van der Waals surface area contributed by atoms with Gasteiger partial charge in [0.25, 0.3) is 0 Å². The summed E-state index contributed by atoms with van der Waals surface area (Å²) < 4.78 is 25.1. The molecular formula is C21H26FN3O2. The molecule has 6 heteroatoms. The first-order chi connectivity index (χ1) is 13.2. The van der Waals surface area contributed by atoms with E-state index >= 15 is 0 Å². The fourth-order valence-electron chi connectivity index (χ4n) is 2.99. The van der Waals surface area contributed by atoms with E-state index in [9.17, 15) is 4.39 Å². The maximum atomic E-state index is 13.7. The van der Waals surface area contributed by atoms with E-state index in [2.05, 4.69) is 21.7 Å². The lowest BCUT2D eigenvalue weighted by molar-refractivity contribution is 0.219. The summed E-state index contributed by atoms with van der Waals surface area (Å²) in [4.78, 5) is 4.61. The molecular weight excluding hydrogens is 345 g/mol. The van der Waals surface area contributed by atoms with Gasteiger partial charge in [0.2, 0.25) is 0 Å². The number of hydrogen-bond donors (Lipinski definition) is 2. The average Bonchev–Trinajstić information content (AvgIpc) is 2.68. The summed E-state index contributed by atoms with van der Waals surface area (Å²) in [5.41, 5.74) is 1.13. The highest BCUT2D eigenvalue weighted by atomic mass is 19.1. The van der Waals surface area contributed by atoms with Crippen LogP contribution in [-0.2, 0) is 0 Å². The fourth-order valence-corrected chi connectivity index (χ4v) is 2.99. The number of guanidine groups is 1. The Labute approximate surface area is 159 Å². The smallest absolute Gasteiger partial charge is 0.191 e. The highest BCUT2D eigenvalue weighted by Gasteiger charge is 2.21. The summed E-state index contributed by atoms with van der Waals surface area (Å²) >= 11 is 0. The van der Waals surface area contributed by atoms with Gasteiger partial charge in [-0.15, -0.1) is 0 Å². The number of fused-ring (bicyclic) bond motifs is 1. The van der Waals surface area contributed by atoms with Gasteiger partial charge in [0.15, 0.2) is 17.5 Å². The highest BCUT2D eigenvalue weighted by Crippen LogP contribution is 2.31. The molecule has 2 unspecified atom stereocenters. The molecule has 0 fully saturated rings. The number of halogens is 1. The van der Waals surface area contributed by atoms with Crippen molar-refractivity contribution < 1.29 is 13.9 Å². The second-order valence-corrected chi connectivity index (χ2v) is 6.45. The van der Waals surface area contributed by atoms with Crippen LogP contribution in [0.3, 0.4) is 0 Å². The van der Waals surface area contributed by atoms with Gasteiger partial charge in [-0.2, -0.15) is 0 Å². The molecule has 0 saturated carbocycles. The van der Waals surface area contributed by atoms with Crippen LogP contribution in [0.2, 0.25) is 0 Å². The summed E-state index contributed by atoms with van der Waals surface area (Å²) in [5.74, 6) is 1.50. The van der Waals surface area contributed by atoms with E-state index in [0.717, 1.165) is 24.3 Å². The number of nitrogens with zero attached hydrogens (tertiary/aromatic N) is 1. The van der Waals surface area contributed by atoms with Gasteiger partial charge in [0.1, 0.15) is 11.9 Å². The minimum Gasteiger partial charge on any atom is -0.493 e. The van der Waals surface area contributed by atoms with E-state index in [1.165, 1.54) is 6.07 Å². The van der Waals surface area contributed by atoms with Crippen LogP contribution in [0.1, 0.15) is 31.9 Å². The Bertz CT molecular complexity index is 782. The first-order valence-electron chi connectivity index (χ1n) is 9.35. The maximum Gasteiger partial charge on any atom is 0.191 e. The average molecular weight is 371 g/mol. The molecule has 144 valence electrons. The number of nitrogens with one attached hydrogen (secondary N) is 2. The van der Waals surface area contributed by atoms with Crippen LogP contribution >= 0.6 is 0 Å². The van der Waals surface area contributed by atoms with Crippen LogP contribution in [0.25, 0.3) is 0 Å². The van der Waals surface area contributed by atoms with Crippen molar-refractivity contribution in [3.8, 4) is 11.5 Å². The lowest BCUT2D eigenvalue weighted by Crippen LogP contribution is -2.41. The molecule has 1 heterocycles. The normalized spacial score (nSPS) is 17.4. The Hall–Kier alpha value is -2.76. The lowest BCUT2D eigenvalue weighted by atomic mass is 10.0. The molecule has 0 radical (unpaired) electrons. The SMILES string of the molecule is CCNC(=NCC(C)Oc1ccccc1F)NC1CCOc2ccccc21. The van der Waals surface area contributed by atoms with Crippen molar-refractivity contribution in [2.45, 2.75) is 32.4 Å². The zero-order valence-electron chi connectivity index (χ0n) is 15.7. The molecule has 0 amide bonds. The predicted molar refractivity (Wildman–Crippen MR) is 105 cm³/mol. The van der Waals surface area contributed by atoms with E-state index in [4.69, 9.17) is 9.47 Å². The van der Waals surface area contributed by atoms with Crippen molar-refractivity contribution in [1.82, 2.24) is 10.6 Å². The number of para-hydroxylation sites is 2. The lowest BCUT2D eigenvalue weighted by Gasteiger charge is -2.28. The fraction of sp³-hybridized carbons (Fsp3) is 0.381. The minimum atomic E-state index is -0.364. The van der Waals surface area contributed by atoms with Crippen LogP contribution in [0.4, 0.5) is 4.39 Å². The molecule has 2 atom stereocenters. The summed E-state index contributed by atoms with van der Waals surface area (Å²) in [6, 6.07) is 14.6. The van der Waals surface area contributed by atoms with Crippen LogP contribution in [0.5, 0.6) is 11.5 Å². The summed E-state index contributed by atoms with van der Waals surface area (Å²) in [7, 11) is 0. The van der Waals surface area contributed by atoms with Crippen molar-refractivity contribution in [2.24, 2.45) is 4.99 Å². The Morgan fingerprint density at radius 2 is 2.04 bits per heavy atom. The standard InChI is InChI=1S/C21H26FN3O2/c1-3-23-21(24-14-15(2)27-20-11-7-5-9-17(20)22)25-18-12-13-26-19-10-6-4-8-16(18)19/h4-11,15,18H,3,12-14H2,1-2H3,(H2,23,24,25). The number of benzene rings is 2. The van der Waals surface area contributed by atoms with Crippen LogP contribution in [0, 0.1) is 5.82 Å². The molecule has 0 saturated heterocycles. The van der Waals surface area contributed by atoms with Gasteiger partial charge in [-0.1, -0.05) is 30.3 Å². The van der Waals surface area contributed by atoms with Gasteiger partial charge < -0.3 is 20.1 Å². The van der Waals surface area contributed by atoms with E-state index in [-0.39, 0.29) is 23.7 Å². The van der Waals surface area contributed by atoms with Gasteiger partial charge in [-0.05, 0) is 32.0 Å². The molecule has 5 nitrogen and oxygen atoms in total. The molecule has 2 N–H and O–H groups in total. The number of rotatable bonds is 6. The van der Waals surface area contributed by atoms with Gasteiger partial charge in [-0.25, -0.2) is 9.38 Å². The minimum absolute atomic E-state index is 0.135. The van der Waals surface area contributed by atoms with Crippen LogP contribution < -0.4 is 20.1 Å². The van der Waals surface area contributed by atoms with Gasteiger partial charge >= 0.3 is 0 Å². The number of ether oxygens (including phenoxy) is 2. The monoisotopic (exact) mass is 371 g/mol. The summed E-state index contributed by atoms with van der Waals surface area (Å²) in [6.07, 6.45) is 0.613. The van der Waals surface area contributed by atoms with Gasteiger partial charge in [0.05, 0.1) is 19.2 Å². The number of aliphatic imine (C=N–C) groups is 1.